The lowest BCUT2D eigenvalue weighted by Gasteiger charge is -2.32. The summed E-state index contributed by atoms with van der Waals surface area (Å²) >= 11 is 3.53. The molecule has 1 aromatic heterocycles. The summed E-state index contributed by atoms with van der Waals surface area (Å²) in [5.74, 6) is 2.06. The summed E-state index contributed by atoms with van der Waals surface area (Å²) in [6, 6.07) is 2.78. The van der Waals surface area contributed by atoms with Gasteiger partial charge in [-0.05, 0) is 54.7 Å². The lowest BCUT2D eigenvalue weighted by Crippen LogP contribution is -2.41. The van der Waals surface area contributed by atoms with E-state index < -0.39 is 0 Å². The Hall–Kier alpha value is -0.680. The molecular formula is C16H25BrN4. The molecule has 0 aromatic carbocycles. The number of aryl methyl sites for hydroxylation is 1. The molecule has 116 valence electrons. The first-order valence-corrected chi connectivity index (χ1v) is 9.08. The summed E-state index contributed by atoms with van der Waals surface area (Å²) in [7, 11) is 0. The first kappa shape index (κ1) is 15.2. The zero-order valence-corrected chi connectivity index (χ0v) is 14.5. The molecule has 0 spiro atoms. The van der Waals surface area contributed by atoms with E-state index in [9.17, 15) is 0 Å². The van der Waals surface area contributed by atoms with Gasteiger partial charge in [-0.3, -0.25) is 4.90 Å². The van der Waals surface area contributed by atoms with Crippen molar-refractivity contribution in [2.45, 2.75) is 51.5 Å². The van der Waals surface area contributed by atoms with Gasteiger partial charge in [0.05, 0.1) is 0 Å². The first-order valence-electron chi connectivity index (χ1n) is 8.28. The van der Waals surface area contributed by atoms with Crippen LogP contribution in [0.15, 0.2) is 10.7 Å². The Morgan fingerprint density at radius 1 is 1.19 bits per heavy atom. The van der Waals surface area contributed by atoms with Gasteiger partial charge in [-0.2, -0.15) is 0 Å². The molecule has 4 nitrogen and oxygen atoms in total. The Morgan fingerprint density at radius 2 is 2.00 bits per heavy atom. The van der Waals surface area contributed by atoms with Crippen molar-refractivity contribution in [1.29, 1.82) is 0 Å². The van der Waals surface area contributed by atoms with Gasteiger partial charge in [0, 0.05) is 31.6 Å². The molecule has 0 saturated carbocycles. The van der Waals surface area contributed by atoms with Gasteiger partial charge in [0.25, 0.3) is 0 Å². The molecule has 0 N–H and O–H groups in total. The Balaban J connectivity index is 1.67. The van der Waals surface area contributed by atoms with Crippen molar-refractivity contribution < 1.29 is 0 Å². The molecule has 2 saturated heterocycles. The third-order valence-corrected chi connectivity index (χ3v) is 5.00. The lowest BCUT2D eigenvalue weighted by molar-refractivity contribution is 0.175. The molecule has 3 rings (SSSR count). The minimum atomic E-state index is 0.716. The van der Waals surface area contributed by atoms with Crippen LogP contribution in [0.5, 0.6) is 0 Å². The van der Waals surface area contributed by atoms with E-state index in [0.717, 1.165) is 42.2 Å². The van der Waals surface area contributed by atoms with Crippen LogP contribution in [0.3, 0.4) is 0 Å². The number of halogens is 1. The van der Waals surface area contributed by atoms with E-state index in [1.54, 1.807) is 0 Å². The smallest absolute Gasteiger partial charge is 0.133 e. The molecule has 2 fully saturated rings. The van der Waals surface area contributed by atoms with Crippen LogP contribution in [-0.2, 0) is 6.42 Å². The van der Waals surface area contributed by atoms with Gasteiger partial charge in [-0.25, -0.2) is 9.97 Å². The van der Waals surface area contributed by atoms with Gasteiger partial charge in [0.15, 0.2) is 0 Å². The highest BCUT2D eigenvalue weighted by molar-refractivity contribution is 9.10. The van der Waals surface area contributed by atoms with Gasteiger partial charge in [0.1, 0.15) is 16.2 Å². The molecule has 21 heavy (non-hydrogen) atoms. The molecule has 2 aliphatic rings. The van der Waals surface area contributed by atoms with E-state index in [4.69, 9.17) is 4.98 Å². The average Bonchev–Trinajstić information content (AvgIpc) is 2.98. The zero-order valence-electron chi connectivity index (χ0n) is 12.9. The van der Waals surface area contributed by atoms with E-state index in [2.05, 4.69) is 43.7 Å². The van der Waals surface area contributed by atoms with Crippen LogP contribution in [0.25, 0.3) is 0 Å². The van der Waals surface area contributed by atoms with Crippen molar-refractivity contribution in [3.8, 4) is 0 Å². The van der Waals surface area contributed by atoms with E-state index in [0.29, 0.717) is 6.04 Å². The van der Waals surface area contributed by atoms with Crippen molar-refractivity contribution in [3.05, 3.63) is 16.5 Å². The third kappa shape index (κ3) is 3.75. The summed E-state index contributed by atoms with van der Waals surface area (Å²) in [6.07, 6.45) is 7.46. The molecule has 0 aliphatic carbocycles. The van der Waals surface area contributed by atoms with Crippen LogP contribution in [0, 0.1) is 0 Å². The van der Waals surface area contributed by atoms with E-state index in [-0.39, 0.29) is 0 Å². The number of anilines is 1. The second-order valence-corrected chi connectivity index (χ2v) is 7.01. The van der Waals surface area contributed by atoms with E-state index in [1.807, 2.05) is 0 Å². The van der Waals surface area contributed by atoms with Crippen molar-refractivity contribution in [3.63, 3.8) is 0 Å². The monoisotopic (exact) mass is 352 g/mol. The van der Waals surface area contributed by atoms with Crippen molar-refractivity contribution >= 4 is 21.7 Å². The number of hydrogen-bond acceptors (Lipinski definition) is 4. The van der Waals surface area contributed by atoms with Crippen molar-refractivity contribution in [1.82, 2.24) is 14.9 Å². The minimum Gasteiger partial charge on any atom is -0.355 e. The maximum atomic E-state index is 4.75. The van der Waals surface area contributed by atoms with Crippen LogP contribution in [0.1, 0.15) is 44.9 Å². The molecule has 1 atom stereocenters. The standard InChI is InChI=1S/C16H25BrN4/c1-2-6-15-18-14(17)11-16(19-15)21-10-7-13(12-21)20-8-4-3-5-9-20/h11,13H,2-10,12H2,1H3. The van der Waals surface area contributed by atoms with Crippen molar-refractivity contribution in [2.75, 3.05) is 31.1 Å². The van der Waals surface area contributed by atoms with Crippen LogP contribution < -0.4 is 4.90 Å². The fourth-order valence-corrected chi connectivity index (χ4v) is 3.89. The third-order valence-electron chi connectivity index (χ3n) is 4.60. The Morgan fingerprint density at radius 3 is 2.76 bits per heavy atom. The SMILES string of the molecule is CCCc1nc(Br)cc(N2CCC(N3CCCCC3)C2)n1. The Labute approximate surface area is 136 Å². The molecule has 1 aromatic rings. The van der Waals surface area contributed by atoms with Crippen molar-refractivity contribution in [2.24, 2.45) is 0 Å². The number of nitrogens with zero attached hydrogens (tertiary/aromatic N) is 4. The highest BCUT2D eigenvalue weighted by Gasteiger charge is 2.29. The summed E-state index contributed by atoms with van der Waals surface area (Å²) < 4.78 is 0.914. The fraction of sp³-hybridized carbons (Fsp3) is 0.750. The van der Waals surface area contributed by atoms with Crippen LogP contribution >= 0.6 is 15.9 Å². The number of hydrogen-bond donors (Lipinski definition) is 0. The highest BCUT2D eigenvalue weighted by Crippen LogP contribution is 2.25. The fourth-order valence-electron chi connectivity index (χ4n) is 3.48. The normalized spacial score (nSPS) is 23.7. The Bertz CT molecular complexity index is 473. The molecule has 2 aliphatic heterocycles. The van der Waals surface area contributed by atoms with Gasteiger partial charge >= 0.3 is 0 Å². The molecule has 0 amide bonds. The molecular weight excluding hydrogens is 328 g/mol. The van der Waals surface area contributed by atoms with E-state index >= 15 is 0 Å². The topological polar surface area (TPSA) is 32.3 Å². The van der Waals surface area contributed by atoms with Gasteiger partial charge in [0.2, 0.25) is 0 Å². The van der Waals surface area contributed by atoms with Crippen LogP contribution in [0.2, 0.25) is 0 Å². The predicted octanol–water partition coefficient (Wildman–Crippen LogP) is 3.26. The second-order valence-electron chi connectivity index (χ2n) is 6.20. The van der Waals surface area contributed by atoms with E-state index in [1.165, 1.54) is 38.8 Å². The van der Waals surface area contributed by atoms with Crippen LogP contribution in [-0.4, -0.2) is 47.1 Å². The number of aromatic nitrogens is 2. The zero-order chi connectivity index (χ0) is 14.7. The largest absolute Gasteiger partial charge is 0.355 e. The minimum absolute atomic E-state index is 0.716. The molecule has 3 heterocycles. The quantitative estimate of drug-likeness (QED) is 0.778. The summed E-state index contributed by atoms with van der Waals surface area (Å²) in [4.78, 5) is 14.3. The maximum absolute atomic E-state index is 4.75. The molecule has 1 unspecified atom stereocenters. The van der Waals surface area contributed by atoms with Gasteiger partial charge in [-0.1, -0.05) is 13.3 Å². The lowest BCUT2D eigenvalue weighted by atomic mass is 10.1. The second kappa shape index (κ2) is 7.05. The maximum Gasteiger partial charge on any atom is 0.133 e. The average molecular weight is 353 g/mol. The predicted molar refractivity (Wildman–Crippen MR) is 89.8 cm³/mol. The van der Waals surface area contributed by atoms with Gasteiger partial charge < -0.3 is 4.90 Å². The number of piperidine rings is 1. The Kier molecular flexibility index (Phi) is 5.11. The number of rotatable bonds is 4. The summed E-state index contributed by atoms with van der Waals surface area (Å²) in [5.41, 5.74) is 0. The van der Waals surface area contributed by atoms with Crippen LogP contribution in [0.4, 0.5) is 5.82 Å². The van der Waals surface area contributed by atoms with Gasteiger partial charge in [-0.15, -0.1) is 0 Å². The summed E-state index contributed by atoms with van der Waals surface area (Å²) in [6.45, 7) is 6.98. The number of likely N-dealkylation sites (tertiary alicyclic amines) is 1. The summed E-state index contributed by atoms with van der Waals surface area (Å²) in [5, 5.41) is 0. The molecule has 0 radical (unpaired) electrons. The molecule has 5 heteroatoms. The highest BCUT2D eigenvalue weighted by atomic mass is 79.9. The molecule has 0 bridgehead atoms. The first-order chi connectivity index (χ1) is 10.3.